The molecular formula is C23H25N5. The number of benzene rings is 2. The molecule has 0 saturated heterocycles. The number of nitrogens with one attached hydrogen (secondary N) is 3. The molecule has 28 heavy (non-hydrogen) atoms. The van der Waals surface area contributed by atoms with Gasteiger partial charge in [0.25, 0.3) is 0 Å². The van der Waals surface area contributed by atoms with Crippen LogP contribution in [0, 0.1) is 20.8 Å². The van der Waals surface area contributed by atoms with Gasteiger partial charge >= 0.3 is 0 Å². The molecule has 2 heterocycles. The van der Waals surface area contributed by atoms with Gasteiger partial charge in [-0.25, -0.2) is 4.98 Å². The molecule has 0 radical (unpaired) electrons. The zero-order chi connectivity index (χ0) is 19.5. The monoisotopic (exact) mass is 371 g/mol. The second kappa shape index (κ2) is 7.72. The number of anilines is 3. The number of aryl methyl sites for hydroxylation is 2. The van der Waals surface area contributed by atoms with Gasteiger partial charge < -0.3 is 15.6 Å². The van der Waals surface area contributed by atoms with E-state index in [0.717, 1.165) is 30.2 Å². The number of hydrogen-bond acceptors (Lipinski definition) is 4. The van der Waals surface area contributed by atoms with Crippen LogP contribution < -0.4 is 10.6 Å². The summed E-state index contributed by atoms with van der Waals surface area (Å²) >= 11 is 0. The van der Waals surface area contributed by atoms with Crippen molar-refractivity contribution in [3.05, 3.63) is 77.1 Å². The molecule has 0 atom stereocenters. The van der Waals surface area contributed by atoms with Crippen molar-refractivity contribution in [1.82, 2.24) is 15.0 Å². The normalized spacial score (nSPS) is 11.0. The molecule has 0 spiro atoms. The average Bonchev–Trinajstić information content (AvgIpc) is 3.08. The first-order chi connectivity index (χ1) is 13.6. The summed E-state index contributed by atoms with van der Waals surface area (Å²) in [5.41, 5.74) is 6.95. The van der Waals surface area contributed by atoms with E-state index in [2.05, 4.69) is 82.0 Å². The predicted octanol–water partition coefficient (Wildman–Crippen LogP) is 5.28. The quantitative estimate of drug-likeness (QED) is 0.431. The van der Waals surface area contributed by atoms with Gasteiger partial charge in [-0.1, -0.05) is 30.3 Å². The smallest absolute Gasteiger partial charge is 0.224 e. The molecule has 3 N–H and O–H groups in total. The van der Waals surface area contributed by atoms with Crippen LogP contribution in [0.25, 0.3) is 10.9 Å². The Morgan fingerprint density at radius 1 is 0.964 bits per heavy atom. The highest BCUT2D eigenvalue weighted by Gasteiger charge is 2.07. The standard InChI is InChI=1S/C23H25N5/c1-15-7-6-10-20(17(15)3)27-22-13-16(2)26-23(28-22)24-12-11-18-14-25-21-9-5-4-8-19(18)21/h4-10,13-14,25H,11-12H2,1-3H3,(H2,24,26,27,28). The van der Waals surface area contributed by atoms with Crippen LogP contribution in [0.15, 0.2) is 54.7 Å². The van der Waals surface area contributed by atoms with Crippen LogP contribution in [0.2, 0.25) is 0 Å². The number of H-pyrrole nitrogens is 1. The van der Waals surface area contributed by atoms with Gasteiger partial charge in [0.05, 0.1) is 0 Å². The molecule has 4 rings (SSSR count). The Bertz CT molecular complexity index is 1110. The highest BCUT2D eigenvalue weighted by atomic mass is 15.1. The van der Waals surface area contributed by atoms with Crippen LogP contribution in [-0.2, 0) is 6.42 Å². The van der Waals surface area contributed by atoms with Crippen molar-refractivity contribution in [3.8, 4) is 0 Å². The fourth-order valence-electron chi connectivity index (χ4n) is 3.38. The second-order valence-electron chi connectivity index (χ2n) is 7.13. The van der Waals surface area contributed by atoms with E-state index in [0.29, 0.717) is 5.95 Å². The van der Waals surface area contributed by atoms with Gasteiger partial charge in [-0.05, 0) is 56.0 Å². The van der Waals surface area contributed by atoms with Crippen molar-refractivity contribution >= 4 is 28.4 Å². The van der Waals surface area contributed by atoms with Gasteiger partial charge in [-0.3, -0.25) is 0 Å². The number of aromatic nitrogens is 3. The summed E-state index contributed by atoms with van der Waals surface area (Å²) in [6, 6.07) is 16.6. The molecule has 142 valence electrons. The molecule has 0 aliphatic rings. The average molecular weight is 371 g/mol. The van der Waals surface area contributed by atoms with Crippen molar-refractivity contribution in [2.75, 3.05) is 17.2 Å². The van der Waals surface area contributed by atoms with Gasteiger partial charge in [-0.15, -0.1) is 0 Å². The Balaban J connectivity index is 1.46. The van der Waals surface area contributed by atoms with Crippen LogP contribution in [0.1, 0.15) is 22.4 Å². The maximum absolute atomic E-state index is 4.64. The maximum Gasteiger partial charge on any atom is 0.224 e. The summed E-state index contributed by atoms with van der Waals surface area (Å²) < 4.78 is 0. The van der Waals surface area contributed by atoms with E-state index in [9.17, 15) is 0 Å². The lowest BCUT2D eigenvalue weighted by Gasteiger charge is -2.13. The Kier molecular flexibility index (Phi) is 4.98. The molecule has 2 aromatic heterocycles. The zero-order valence-electron chi connectivity index (χ0n) is 16.5. The molecule has 0 saturated carbocycles. The minimum atomic E-state index is 0.646. The van der Waals surface area contributed by atoms with E-state index in [1.54, 1.807) is 0 Å². The first kappa shape index (κ1) is 18.0. The summed E-state index contributed by atoms with van der Waals surface area (Å²) in [5, 5.41) is 8.06. The van der Waals surface area contributed by atoms with Gasteiger partial charge in [0.1, 0.15) is 5.82 Å². The third-order valence-corrected chi connectivity index (χ3v) is 5.07. The first-order valence-electron chi connectivity index (χ1n) is 9.58. The number of aromatic amines is 1. The highest BCUT2D eigenvalue weighted by molar-refractivity contribution is 5.83. The van der Waals surface area contributed by atoms with Gasteiger partial charge in [-0.2, -0.15) is 4.98 Å². The molecule has 0 aliphatic carbocycles. The number of rotatable bonds is 6. The van der Waals surface area contributed by atoms with E-state index < -0.39 is 0 Å². The van der Waals surface area contributed by atoms with E-state index in [1.165, 1.54) is 27.6 Å². The van der Waals surface area contributed by atoms with E-state index >= 15 is 0 Å². The van der Waals surface area contributed by atoms with Gasteiger partial charge in [0.15, 0.2) is 0 Å². The minimum Gasteiger partial charge on any atom is -0.361 e. The summed E-state index contributed by atoms with van der Waals surface area (Å²) in [6.07, 6.45) is 2.98. The summed E-state index contributed by atoms with van der Waals surface area (Å²) in [6.45, 7) is 6.99. The molecule has 2 aromatic carbocycles. The lowest BCUT2D eigenvalue weighted by Crippen LogP contribution is -2.09. The Hall–Kier alpha value is -3.34. The molecule has 0 amide bonds. The summed E-state index contributed by atoms with van der Waals surface area (Å²) in [7, 11) is 0. The van der Waals surface area contributed by atoms with Gasteiger partial charge in [0, 0.05) is 41.1 Å². The molecule has 0 aliphatic heterocycles. The topological polar surface area (TPSA) is 65.6 Å². The Morgan fingerprint density at radius 2 is 1.82 bits per heavy atom. The number of nitrogens with zero attached hydrogens (tertiary/aromatic N) is 2. The van der Waals surface area contributed by atoms with Crippen molar-refractivity contribution in [2.24, 2.45) is 0 Å². The minimum absolute atomic E-state index is 0.646. The van der Waals surface area contributed by atoms with Crippen molar-refractivity contribution in [1.29, 1.82) is 0 Å². The van der Waals surface area contributed by atoms with Crippen LogP contribution in [-0.4, -0.2) is 21.5 Å². The first-order valence-corrected chi connectivity index (χ1v) is 9.58. The molecular weight excluding hydrogens is 346 g/mol. The third-order valence-electron chi connectivity index (χ3n) is 5.07. The van der Waals surface area contributed by atoms with Gasteiger partial charge in [0.2, 0.25) is 5.95 Å². The predicted molar refractivity (Wildman–Crippen MR) is 116 cm³/mol. The number of para-hydroxylation sites is 1. The third kappa shape index (κ3) is 3.83. The molecule has 5 heteroatoms. The van der Waals surface area contributed by atoms with Crippen LogP contribution in [0.4, 0.5) is 17.5 Å². The molecule has 4 aromatic rings. The van der Waals surface area contributed by atoms with E-state index in [4.69, 9.17) is 0 Å². The second-order valence-corrected chi connectivity index (χ2v) is 7.13. The number of hydrogen-bond donors (Lipinski definition) is 3. The van der Waals surface area contributed by atoms with Crippen molar-refractivity contribution in [2.45, 2.75) is 27.2 Å². The van der Waals surface area contributed by atoms with E-state index in [1.807, 2.05) is 19.1 Å². The maximum atomic E-state index is 4.64. The highest BCUT2D eigenvalue weighted by Crippen LogP contribution is 2.23. The fraction of sp³-hybridized carbons (Fsp3) is 0.217. The van der Waals surface area contributed by atoms with Crippen LogP contribution in [0.3, 0.4) is 0 Å². The van der Waals surface area contributed by atoms with Crippen LogP contribution in [0.5, 0.6) is 0 Å². The van der Waals surface area contributed by atoms with Crippen molar-refractivity contribution in [3.63, 3.8) is 0 Å². The fourth-order valence-corrected chi connectivity index (χ4v) is 3.38. The molecule has 0 unspecified atom stereocenters. The summed E-state index contributed by atoms with van der Waals surface area (Å²) in [4.78, 5) is 12.5. The molecule has 5 nitrogen and oxygen atoms in total. The zero-order valence-corrected chi connectivity index (χ0v) is 16.5. The SMILES string of the molecule is Cc1cc(Nc2cccc(C)c2C)nc(NCCc2c[nH]c3ccccc23)n1. The Morgan fingerprint density at radius 3 is 2.71 bits per heavy atom. The lowest BCUT2D eigenvalue weighted by molar-refractivity contribution is 0.981. The summed E-state index contributed by atoms with van der Waals surface area (Å²) in [5.74, 6) is 1.45. The molecule has 0 bridgehead atoms. The number of fused-ring (bicyclic) bond motifs is 1. The largest absolute Gasteiger partial charge is 0.361 e. The van der Waals surface area contributed by atoms with Crippen molar-refractivity contribution < 1.29 is 0 Å². The lowest BCUT2D eigenvalue weighted by atomic mass is 10.1. The molecule has 0 fully saturated rings. The van der Waals surface area contributed by atoms with E-state index in [-0.39, 0.29) is 0 Å². The van der Waals surface area contributed by atoms with Crippen LogP contribution >= 0.6 is 0 Å². The Labute approximate surface area is 165 Å².